The summed E-state index contributed by atoms with van der Waals surface area (Å²) in [5.41, 5.74) is 3.53. The molecule has 2 aromatic rings. The third kappa shape index (κ3) is 5.39. The van der Waals surface area contributed by atoms with Crippen molar-refractivity contribution in [1.82, 2.24) is 4.90 Å². The van der Waals surface area contributed by atoms with E-state index in [2.05, 4.69) is 41.4 Å². The Bertz CT molecular complexity index is 737. The Labute approximate surface area is 161 Å². The van der Waals surface area contributed by atoms with Gasteiger partial charge >= 0.3 is 0 Å². The van der Waals surface area contributed by atoms with E-state index < -0.39 is 0 Å². The highest BCUT2D eigenvalue weighted by atomic mass is 16.5. The number of carbonyl (C=O) groups is 1. The first-order chi connectivity index (χ1) is 13.2. The van der Waals surface area contributed by atoms with Crippen LogP contribution in [0.25, 0.3) is 0 Å². The molecule has 0 aliphatic carbocycles. The fourth-order valence-corrected chi connectivity index (χ4v) is 3.35. The van der Waals surface area contributed by atoms with E-state index in [-0.39, 0.29) is 5.91 Å². The fraction of sp³-hybridized carbons (Fsp3) is 0.409. The molecule has 1 fully saturated rings. The Morgan fingerprint density at radius 2 is 1.81 bits per heavy atom. The van der Waals surface area contributed by atoms with Crippen molar-refractivity contribution < 1.29 is 9.53 Å². The number of hydrogen-bond acceptors (Lipinski definition) is 4. The van der Waals surface area contributed by atoms with Gasteiger partial charge < -0.3 is 19.9 Å². The van der Waals surface area contributed by atoms with Crippen LogP contribution in [0.3, 0.4) is 0 Å². The second kappa shape index (κ2) is 9.31. The highest BCUT2D eigenvalue weighted by Crippen LogP contribution is 2.18. The molecule has 1 heterocycles. The predicted molar refractivity (Wildman–Crippen MR) is 111 cm³/mol. The van der Waals surface area contributed by atoms with Gasteiger partial charge in [0.15, 0.2) is 0 Å². The van der Waals surface area contributed by atoms with E-state index >= 15 is 0 Å². The van der Waals surface area contributed by atoms with Crippen molar-refractivity contribution in [3.63, 3.8) is 0 Å². The normalized spacial score (nSPS) is 14.1. The molecule has 0 aromatic heterocycles. The predicted octanol–water partition coefficient (Wildman–Crippen LogP) is 3.54. The number of piperazine rings is 1. The van der Waals surface area contributed by atoms with E-state index in [9.17, 15) is 4.79 Å². The SMILES string of the molecule is CCOc1ccc(NCCC(=O)N2CCN(c3cccc(C)c3)CC2)cc1. The summed E-state index contributed by atoms with van der Waals surface area (Å²) in [6.45, 7) is 8.75. The molecule has 0 bridgehead atoms. The van der Waals surface area contributed by atoms with Crippen LogP contribution in [0.2, 0.25) is 0 Å². The van der Waals surface area contributed by atoms with E-state index in [1.165, 1.54) is 11.3 Å². The minimum Gasteiger partial charge on any atom is -0.494 e. The molecular formula is C22H29N3O2. The van der Waals surface area contributed by atoms with Crippen LogP contribution < -0.4 is 15.0 Å². The molecule has 2 aromatic carbocycles. The van der Waals surface area contributed by atoms with Crippen molar-refractivity contribution in [3.8, 4) is 5.75 Å². The van der Waals surface area contributed by atoms with E-state index in [4.69, 9.17) is 4.74 Å². The molecule has 0 unspecified atom stereocenters. The smallest absolute Gasteiger partial charge is 0.224 e. The summed E-state index contributed by atoms with van der Waals surface area (Å²) >= 11 is 0. The van der Waals surface area contributed by atoms with E-state index in [0.29, 0.717) is 19.6 Å². The lowest BCUT2D eigenvalue weighted by Crippen LogP contribution is -2.49. The van der Waals surface area contributed by atoms with Crippen LogP contribution in [-0.2, 0) is 4.79 Å². The standard InChI is InChI=1S/C22H29N3O2/c1-3-27-21-9-7-19(8-10-21)23-12-11-22(26)25-15-13-24(14-16-25)20-6-4-5-18(2)17-20/h4-10,17,23H,3,11-16H2,1-2H3. The molecule has 5 nitrogen and oxygen atoms in total. The van der Waals surface area contributed by atoms with Gasteiger partial charge in [-0.1, -0.05) is 12.1 Å². The van der Waals surface area contributed by atoms with Crippen molar-refractivity contribution in [2.24, 2.45) is 0 Å². The Morgan fingerprint density at radius 1 is 1.07 bits per heavy atom. The van der Waals surface area contributed by atoms with Crippen molar-refractivity contribution in [2.45, 2.75) is 20.3 Å². The minimum absolute atomic E-state index is 0.220. The summed E-state index contributed by atoms with van der Waals surface area (Å²) in [6.07, 6.45) is 0.512. The summed E-state index contributed by atoms with van der Waals surface area (Å²) in [6, 6.07) is 16.4. The zero-order chi connectivity index (χ0) is 19.1. The van der Waals surface area contributed by atoms with Crippen molar-refractivity contribution in [3.05, 3.63) is 54.1 Å². The first-order valence-electron chi connectivity index (χ1n) is 9.72. The van der Waals surface area contributed by atoms with Gasteiger partial charge in [-0.15, -0.1) is 0 Å². The molecule has 144 valence electrons. The molecule has 0 atom stereocenters. The number of aryl methyl sites for hydroxylation is 1. The van der Waals surface area contributed by atoms with Gasteiger partial charge in [-0.2, -0.15) is 0 Å². The molecule has 1 aliphatic heterocycles. The minimum atomic E-state index is 0.220. The Hall–Kier alpha value is -2.69. The lowest BCUT2D eigenvalue weighted by Gasteiger charge is -2.36. The Morgan fingerprint density at radius 3 is 2.48 bits per heavy atom. The van der Waals surface area contributed by atoms with Gasteiger partial charge in [-0.05, 0) is 55.8 Å². The first kappa shape index (κ1) is 19.1. The summed E-state index contributed by atoms with van der Waals surface area (Å²) in [5.74, 6) is 1.09. The van der Waals surface area contributed by atoms with E-state index in [0.717, 1.165) is 37.6 Å². The molecule has 0 radical (unpaired) electrons. The van der Waals surface area contributed by atoms with Gasteiger partial charge in [-0.3, -0.25) is 4.79 Å². The van der Waals surface area contributed by atoms with Crippen LogP contribution in [0.15, 0.2) is 48.5 Å². The van der Waals surface area contributed by atoms with Gasteiger partial charge in [0, 0.05) is 50.5 Å². The second-order valence-corrected chi connectivity index (χ2v) is 6.84. The lowest BCUT2D eigenvalue weighted by molar-refractivity contribution is -0.131. The number of hydrogen-bond donors (Lipinski definition) is 1. The first-order valence-corrected chi connectivity index (χ1v) is 9.72. The van der Waals surface area contributed by atoms with Crippen LogP contribution in [0.1, 0.15) is 18.9 Å². The molecule has 5 heteroatoms. The maximum atomic E-state index is 12.5. The van der Waals surface area contributed by atoms with Crippen LogP contribution >= 0.6 is 0 Å². The average molecular weight is 367 g/mol. The summed E-state index contributed by atoms with van der Waals surface area (Å²) in [7, 11) is 0. The molecule has 1 aliphatic rings. The quantitative estimate of drug-likeness (QED) is 0.813. The van der Waals surface area contributed by atoms with Crippen molar-refractivity contribution in [1.29, 1.82) is 0 Å². The van der Waals surface area contributed by atoms with Gasteiger partial charge in [0.25, 0.3) is 0 Å². The van der Waals surface area contributed by atoms with Crippen LogP contribution in [-0.4, -0.2) is 50.1 Å². The topological polar surface area (TPSA) is 44.8 Å². The molecule has 1 N–H and O–H groups in total. The zero-order valence-electron chi connectivity index (χ0n) is 16.3. The highest BCUT2D eigenvalue weighted by Gasteiger charge is 2.20. The van der Waals surface area contributed by atoms with Gasteiger partial charge in [0.2, 0.25) is 5.91 Å². The Balaban J connectivity index is 1.40. The van der Waals surface area contributed by atoms with Crippen LogP contribution in [0.5, 0.6) is 5.75 Å². The van der Waals surface area contributed by atoms with E-state index in [1.54, 1.807) is 0 Å². The van der Waals surface area contributed by atoms with Gasteiger partial charge in [0.1, 0.15) is 5.75 Å². The van der Waals surface area contributed by atoms with E-state index in [1.807, 2.05) is 36.1 Å². The molecular weight excluding hydrogens is 338 g/mol. The summed E-state index contributed by atoms with van der Waals surface area (Å²) < 4.78 is 5.44. The maximum absolute atomic E-state index is 12.5. The summed E-state index contributed by atoms with van der Waals surface area (Å²) in [5, 5.41) is 3.31. The number of amides is 1. The Kier molecular flexibility index (Phi) is 6.58. The molecule has 3 rings (SSSR count). The third-order valence-corrected chi connectivity index (χ3v) is 4.83. The molecule has 0 saturated carbocycles. The lowest BCUT2D eigenvalue weighted by atomic mass is 10.2. The summed E-state index contributed by atoms with van der Waals surface area (Å²) in [4.78, 5) is 16.8. The fourth-order valence-electron chi connectivity index (χ4n) is 3.35. The highest BCUT2D eigenvalue weighted by molar-refractivity contribution is 5.77. The van der Waals surface area contributed by atoms with Gasteiger partial charge in [-0.25, -0.2) is 0 Å². The number of anilines is 2. The number of carbonyl (C=O) groups excluding carboxylic acids is 1. The van der Waals surface area contributed by atoms with Crippen molar-refractivity contribution in [2.75, 3.05) is 49.5 Å². The van der Waals surface area contributed by atoms with Crippen LogP contribution in [0, 0.1) is 6.92 Å². The molecule has 0 spiro atoms. The number of rotatable bonds is 7. The number of ether oxygens (including phenoxy) is 1. The zero-order valence-corrected chi connectivity index (χ0v) is 16.3. The van der Waals surface area contributed by atoms with Gasteiger partial charge in [0.05, 0.1) is 6.61 Å². The monoisotopic (exact) mass is 367 g/mol. The number of nitrogens with one attached hydrogen (secondary N) is 1. The van der Waals surface area contributed by atoms with Crippen LogP contribution in [0.4, 0.5) is 11.4 Å². The molecule has 1 amide bonds. The average Bonchev–Trinajstić information content (AvgIpc) is 2.69. The molecule has 1 saturated heterocycles. The number of nitrogens with zero attached hydrogens (tertiary/aromatic N) is 2. The molecule has 27 heavy (non-hydrogen) atoms. The largest absolute Gasteiger partial charge is 0.494 e. The second-order valence-electron chi connectivity index (χ2n) is 6.84. The maximum Gasteiger partial charge on any atom is 0.224 e. The number of benzene rings is 2. The third-order valence-electron chi connectivity index (χ3n) is 4.83. The van der Waals surface area contributed by atoms with Crippen molar-refractivity contribution >= 4 is 17.3 Å².